The zero-order valence-corrected chi connectivity index (χ0v) is 14.6. The molecule has 1 fully saturated rings. The van der Waals surface area contributed by atoms with Crippen molar-refractivity contribution in [3.05, 3.63) is 23.7 Å². The molecule has 5 nitrogen and oxygen atoms in total. The highest BCUT2D eigenvalue weighted by Gasteiger charge is 2.25. The van der Waals surface area contributed by atoms with Crippen molar-refractivity contribution in [2.75, 3.05) is 13.2 Å². The van der Waals surface area contributed by atoms with Gasteiger partial charge in [-0.15, -0.1) is 11.3 Å². The molecule has 1 aliphatic carbocycles. The maximum Gasteiger partial charge on any atom is 0.231 e. The lowest BCUT2D eigenvalue weighted by Crippen LogP contribution is -2.29. The Morgan fingerprint density at radius 3 is 3.00 bits per heavy atom. The minimum Gasteiger partial charge on any atom is -0.493 e. The first-order valence-electron chi connectivity index (χ1n) is 8.03. The second-order valence-electron chi connectivity index (χ2n) is 6.03. The highest BCUT2D eigenvalue weighted by atomic mass is 32.2. The lowest BCUT2D eigenvalue weighted by atomic mass is 9.78. The minimum atomic E-state index is -1.91. The van der Waals surface area contributed by atoms with E-state index in [0.717, 1.165) is 29.0 Å². The van der Waals surface area contributed by atoms with E-state index in [0.29, 0.717) is 18.4 Å². The molecule has 7 heteroatoms. The molecule has 1 heterocycles. The summed E-state index contributed by atoms with van der Waals surface area (Å²) in [6, 6.07) is 6.04. The number of nitrogens with one attached hydrogen (secondary N) is 1. The normalized spacial score (nSPS) is 23.0. The molecule has 0 bridgehead atoms. The van der Waals surface area contributed by atoms with Gasteiger partial charge >= 0.3 is 0 Å². The Kier molecular flexibility index (Phi) is 5.99. The monoisotopic (exact) mass is 354 g/mol. The summed E-state index contributed by atoms with van der Waals surface area (Å²) in [5, 5.41) is 0. The Morgan fingerprint density at radius 2 is 2.17 bits per heavy atom. The second kappa shape index (κ2) is 8.19. The largest absolute Gasteiger partial charge is 0.493 e. The average molecular weight is 354 g/mol. The van der Waals surface area contributed by atoms with Crippen LogP contribution < -0.4 is 9.46 Å². The van der Waals surface area contributed by atoms with Crippen LogP contribution in [0.15, 0.2) is 23.7 Å². The van der Waals surface area contributed by atoms with Crippen molar-refractivity contribution >= 4 is 32.8 Å². The molecule has 3 rings (SSSR count). The molecule has 126 valence electrons. The molecule has 0 radical (unpaired) electrons. The van der Waals surface area contributed by atoms with Gasteiger partial charge in [-0.1, -0.05) is 19.3 Å². The van der Waals surface area contributed by atoms with Crippen molar-refractivity contribution in [3.63, 3.8) is 0 Å². The van der Waals surface area contributed by atoms with Gasteiger partial charge < -0.3 is 4.74 Å². The Labute approximate surface area is 142 Å². The van der Waals surface area contributed by atoms with E-state index in [4.69, 9.17) is 9.29 Å². The van der Waals surface area contributed by atoms with E-state index in [-0.39, 0.29) is 0 Å². The van der Waals surface area contributed by atoms with E-state index in [1.807, 2.05) is 17.6 Å². The van der Waals surface area contributed by atoms with Crippen LogP contribution in [-0.2, 0) is 11.3 Å². The van der Waals surface area contributed by atoms with Crippen molar-refractivity contribution < 1.29 is 13.5 Å². The van der Waals surface area contributed by atoms with Gasteiger partial charge in [-0.25, -0.2) is 13.9 Å². The van der Waals surface area contributed by atoms with Crippen molar-refractivity contribution in [3.8, 4) is 5.75 Å². The summed E-state index contributed by atoms with van der Waals surface area (Å²) in [6.07, 6.45) is 5.78. The van der Waals surface area contributed by atoms with E-state index in [2.05, 4.69) is 15.8 Å². The van der Waals surface area contributed by atoms with Crippen LogP contribution in [0.25, 0.3) is 10.2 Å². The molecule has 1 aliphatic rings. The van der Waals surface area contributed by atoms with Gasteiger partial charge in [0.25, 0.3) is 0 Å². The first kappa shape index (κ1) is 16.8. The van der Waals surface area contributed by atoms with Gasteiger partial charge in [0, 0.05) is 6.54 Å². The van der Waals surface area contributed by atoms with Gasteiger partial charge in [0.15, 0.2) is 0 Å². The number of fused-ring (bicyclic) bond motifs is 1. The fourth-order valence-corrected chi connectivity index (χ4v) is 4.34. The Balaban J connectivity index is 1.54. The molecular weight excluding hydrogens is 332 g/mol. The highest BCUT2D eigenvalue weighted by Crippen LogP contribution is 2.33. The molecular formula is C16H22N2O3S2. The summed E-state index contributed by atoms with van der Waals surface area (Å²) in [7, 11) is 0. The molecule has 0 spiro atoms. The van der Waals surface area contributed by atoms with Crippen LogP contribution in [0.1, 0.15) is 32.1 Å². The highest BCUT2D eigenvalue weighted by molar-refractivity contribution is 7.77. The van der Waals surface area contributed by atoms with Crippen LogP contribution in [0.4, 0.5) is 0 Å². The third kappa shape index (κ3) is 4.73. The van der Waals surface area contributed by atoms with Crippen LogP contribution >= 0.6 is 11.3 Å². The van der Waals surface area contributed by atoms with E-state index >= 15 is 0 Å². The summed E-state index contributed by atoms with van der Waals surface area (Å²) in [5.41, 5.74) is 2.87. The molecule has 0 amide bonds. The predicted octanol–water partition coefficient (Wildman–Crippen LogP) is 3.60. The maximum absolute atomic E-state index is 10.7. The average Bonchev–Trinajstić information content (AvgIpc) is 3.01. The van der Waals surface area contributed by atoms with Crippen molar-refractivity contribution in [2.24, 2.45) is 11.8 Å². The first-order chi connectivity index (χ1) is 11.2. The number of rotatable bonds is 7. The number of nitrogens with zero attached hydrogens (tertiary/aromatic N) is 1. The van der Waals surface area contributed by atoms with Gasteiger partial charge in [0.2, 0.25) is 11.3 Å². The second-order valence-corrected chi connectivity index (χ2v) is 7.70. The Hall–Kier alpha value is -1.02. The SMILES string of the molecule is O=S(O)NCCC1CCCCC1COc1ccc2ncsc2c1. The van der Waals surface area contributed by atoms with Crippen molar-refractivity contribution in [2.45, 2.75) is 32.1 Å². The molecule has 1 aromatic carbocycles. The van der Waals surface area contributed by atoms with Crippen LogP contribution in [0, 0.1) is 11.8 Å². The molecule has 0 aliphatic heterocycles. The zero-order valence-electron chi connectivity index (χ0n) is 12.9. The standard InChI is InChI=1S/C16H22N2O3S2/c19-23(20)18-8-7-12-3-1-2-4-13(12)10-21-14-5-6-15-16(9-14)22-11-17-15/h5-6,9,11-13,18H,1-4,7-8,10H2,(H,19,20). The molecule has 1 saturated carbocycles. The molecule has 3 unspecified atom stereocenters. The fourth-order valence-electron chi connectivity index (χ4n) is 3.34. The van der Waals surface area contributed by atoms with Crippen LogP contribution in [0.3, 0.4) is 0 Å². The van der Waals surface area contributed by atoms with E-state index in [1.165, 1.54) is 25.7 Å². The number of ether oxygens (including phenoxy) is 1. The lowest BCUT2D eigenvalue weighted by molar-refractivity contribution is 0.143. The number of benzene rings is 1. The summed E-state index contributed by atoms with van der Waals surface area (Å²) in [4.78, 5) is 4.28. The fraction of sp³-hybridized carbons (Fsp3) is 0.562. The summed E-state index contributed by atoms with van der Waals surface area (Å²) >= 11 is -0.285. The Bertz CT molecular complexity index is 662. The van der Waals surface area contributed by atoms with E-state index in [1.54, 1.807) is 11.3 Å². The molecule has 3 atom stereocenters. The molecule has 0 saturated heterocycles. The van der Waals surface area contributed by atoms with E-state index in [9.17, 15) is 4.21 Å². The number of aromatic nitrogens is 1. The molecule has 23 heavy (non-hydrogen) atoms. The van der Waals surface area contributed by atoms with Gasteiger partial charge in [-0.05, 0) is 42.9 Å². The molecule has 2 N–H and O–H groups in total. The summed E-state index contributed by atoms with van der Waals surface area (Å²) in [6.45, 7) is 1.30. The number of hydrogen-bond acceptors (Lipinski definition) is 4. The first-order valence-corrected chi connectivity index (χ1v) is 10.0. The quantitative estimate of drug-likeness (QED) is 0.745. The van der Waals surface area contributed by atoms with Gasteiger partial charge in [0.1, 0.15) is 5.75 Å². The van der Waals surface area contributed by atoms with Gasteiger partial charge in [-0.3, -0.25) is 4.55 Å². The molecule has 1 aromatic heterocycles. The topological polar surface area (TPSA) is 71.5 Å². The van der Waals surface area contributed by atoms with Crippen LogP contribution in [-0.4, -0.2) is 26.9 Å². The van der Waals surface area contributed by atoms with E-state index < -0.39 is 11.3 Å². The minimum absolute atomic E-state index is 0.523. The van der Waals surface area contributed by atoms with Gasteiger partial charge in [-0.2, -0.15) is 0 Å². The van der Waals surface area contributed by atoms with Crippen molar-refractivity contribution in [1.82, 2.24) is 9.71 Å². The van der Waals surface area contributed by atoms with Crippen LogP contribution in [0.5, 0.6) is 5.75 Å². The lowest BCUT2D eigenvalue weighted by Gasteiger charge is -2.31. The number of hydrogen-bond donors (Lipinski definition) is 2. The number of thiazole rings is 1. The third-order valence-electron chi connectivity index (χ3n) is 4.57. The van der Waals surface area contributed by atoms with Crippen LogP contribution in [0.2, 0.25) is 0 Å². The zero-order chi connectivity index (χ0) is 16.1. The third-order valence-corrected chi connectivity index (χ3v) is 5.82. The van der Waals surface area contributed by atoms with Crippen molar-refractivity contribution in [1.29, 1.82) is 0 Å². The summed E-state index contributed by atoms with van der Waals surface area (Å²) < 4.78 is 29.3. The van der Waals surface area contributed by atoms with Gasteiger partial charge in [0.05, 0.1) is 22.3 Å². The molecule has 2 aromatic rings. The summed E-state index contributed by atoms with van der Waals surface area (Å²) in [5.74, 6) is 1.99. The Morgan fingerprint density at radius 1 is 1.35 bits per heavy atom. The maximum atomic E-state index is 10.7. The smallest absolute Gasteiger partial charge is 0.231 e. The predicted molar refractivity (Wildman–Crippen MR) is 94.0 cm³/mol.